The van der Waals surface area contributed by atoms with Gasteiger partial charge in [-0.2, -0.15) is 15.2 Å². The maximum atomic E-state index is 8.64. The van der Waals surface area contributed by atoms with Crippen LogP contribution in [0.15, 0.2) is 11.2 Å². The predicted molar refractivity (Wildman–Crippen MR) is 47.8 cm³/mol. The molecule has 0 fully saturated rings. The molecule has 2 rings (SSSR count). The van der Waals surface area contributed by atoms with E-state index in [1.54, 1.807) is 11.3 Å². The van der Waals surface area contributed by atoms with Crippen molar-refractivity contribution < 1.29 is 0 Å². The number of aliphatic imine (C=N–C) groups is 1. The Labute approximate surface area is 74.9 Å². The summed E-state index contributed by atoms with van der Waals surface area (Å²) in [5.41, 5.74) is 6.06. The number of hydrogen-bond donors (Lipinski definition) is 1. The van der Waals surface area contributed by atoms with Crippen LogP contribution >= 0.6 is 0 Å². The number of aromatic nitrogens is 2. The number of anilines is 1. The molecule has 0 amide bonds. The van der Waals surface area contributed by atoms with Gasteiger partial charge in [0, 0.05) is 0 Å². The fraction of sp³-hybridized carbons (Fsp3) is 0.286. The van der Waals surface area contributed by atoms with Crippen molar-refractivity contribution in [2.75, 3.05) is 23.8 Å². The van der Waals surface area contributed by atoms with Crippen LogP contribution in [-0.2, 0) is 0 Å². The molecule has 0 aliphatic carbocycles. The highest BCUT2D eigenvalue weighted by Crippen LogP contribution is 2.09. The Morgan fingerprint density at radius 1 is 1.62 bits per heavy atom. The monoisotopic (exact) mass is 176 g/mol. The SMILES string of the molecule is N#Cc1cnn(N2C=NCC2)c1N. The molecule has 0 radical (unpaired) electrons. The molecule has 6 heteroatoms. The molecule has 66 valence electrons. The number of nitrogen functional groups attached to an aromatic ring is 1. The Kier molecular flexibility index (Phi) is 1.63. The summed E-state index contributed by atoms with van der Waals surface area (Å²) in [6, 6.07) is 1.96. The van der Waals surface area contributed by atoms with Crippen LogP contribution in [-0.4, -0.2) is 29.3 Å². The molecular weight excluding hydrogens is 168 g/mol. The minimum Gasteiger partial charge on any atom is -0.381 e. The Balaban J connectivity index is 2.36. The van der Waals surface area contributed by atoms with E-state index >= 15 is 0 Å². The zero-order valence-corrected chi connectivity index (χ0v) is 6.88. The standard InChI is InChI=1S/C7H8N6/c8-3-6-4-11-13(7(6)9)12-2-1-10-5-12/h4-5H,1-2,9H2. The number of hydrogen-bond acceptors (Lipinski definition) is 5. The second-order valence-corrected chi connectivity index (χ2v) is 2.63. The number of nitrogens with two attached hydrogens (primary N) is 1. The first-order valence-electron chi connectivity index (χ1n) is 3.83. The van der Waals surface area contributed by atoms with Gasteiger partial charge in [-0.25, -0.2) is 0 Å². The summed E-state index contributed by atoms with van der Waals surface area (Å²) in [5.74, 6) is 0.357. The van der Waals surface area contributed by atoms with E-state index in [0.29, 0.717) is 11.4 Å². The Morgan fingerprint density at radius 2 is 2.46 bits per heavy atom. The van der Waals surface area contributed by atoms with Gasteiger partial charge in [0.25, 0.3) is 0 Å². The summed E-state index contributed by atoms with van der Waals surface area (Å²) < 4.78 is 0. The lowest BCUT2D eigenvalue weighted by Crippen LogP contribution is -2.33. The van der Waals surface area contributed by atoms with Gasteiger partial charge in [-0.3, -0.25) is 10.0 Å². The second kappa shape index (κ2) is 2.79. The predicted octanol–water partition coefficient (Wildman–Crippen LogP) is -0.683. The summed E-state index contributed by atoms with van der Waals surface area (Å²) in [5, 5.41) is 14.4. The smallest absolute Gasteiger partial charge is 0.163 e. The Hall–Kier alpha value is -2.03. The van der Waals surface area contributed by atoms with Gasteiger partial charge in [-0.1, -0.05) is 0 Å². The van der Waals surface area contributed by atoms with E-state index in [4.69, 9.17) is 11.0 Å². The van der Waals surface area contributed by atoms with Crippen molar-refractivity contribution >= 4 is 12.2 Å². The average molecular weight is 176 g/mol. The van der Waals surface area contributed by atoms with Gasteiger partial charge in [0.15, 0.2) is 5.82 Å². The first-order valence-corrected chi connectivity index (χ1v) is 3.83. The molecule has 1 aromatic rings. The summed E-state index contributed by atoms with van der Waals surface area (Å²) >= 11 is 0. The first kappa shape index (κ1) is 7.61. The molecule has 0 spiro atoms. The van der Waals surface area contributed by atoms with E-state index in [0.717, 1.165) is 13.1 Å². The van der Waals surface area contributed by atoms with Crippen molar-refractivity contribution in [3.63, 3.8) is 0 Å². The largest absolute Gasteiger partial charge is 0.381 e. The highest BCUT2D eigenvalue weighted by atomic mass is 15.7. The van der Waals surface area contributed by atoms with E-state index < -0.39 is 0 Å². The zero-order valence-electron chi connectivity index (χ0n) is 6.88. The van der Waals surface area contributed by atoms with Crippen LogP contribution < -0.4 is 10.7 Å². The fourth-order valence-electron chi connectivity index (χ4n) is 1.15. The number of rotatable bonds is 1. The second-order valence-electron chi connectivity index (χ2n) is 2.63. The lowest BCUT2D eigenvalue weighted by molar-refractivity contribution is 0.671. The maximum absolute atomic E-state index is 8.64. The molecule has 0 atom stereocenters. The maximum Gasteiger partial charge on any atom is 0.163 e. The lowest BCUT2D eigenvalue weighted by atomic mass is 10.4. The van der Waals surface area contributed by atoms with Crippen LogP contribution in [0.2, 0.25) is 0 Å². The zero-order chi connectivity index (χ0) is 9.26. The Morgan fingerprint density at radius 3 is 3.00 bits per heavy atom. The quantitative estimate of drug-likeness (QED) is 0.614. The molecule has 2 N–H and O–H groups in total. The molecule has 13 heavy (non-hydrogen) atoms. The summed E-state index contributed by atoms with van der Waals surface area (Å²) in [7, 11) is 0. The minimum atomic E-state index is 0.357. The summed E-state index contributed by atoms with van der Waals surface area (Å²) in [6.07, 6.45) is 3.10. The van der Waals surface area contributed by atoms with Gasteiger partial charge < -0.3 is 5.73 Å². The highest BCUT2D eigenvalue weighted by Gasteiger charge is 2.13. The van der Waals surface area contributed by atoms with Crippen LogP contribution in [0.5, 0.6) is 0 Å². The topological polar surface area (TPSA) is 83.2 Å². The lowest BCUT2D eigenvalue weighted by Gasteiger charge is -2.14. The van der Waals surface area contributed by atoms with Crippen molar-refractivity contribution in [3.05, 3.63) is 11.8 Å². The van der Waals surface area contributed by atoms with E-state index in [1.807, 2.05) is 6.07 Å². The normalized spacial score (nSPS) is 14.8. The number of nitriles is 1. The van der Waals surface area contributed by atoms with Crippen molar-refractivity contribution in [2.24, 2.45) is 4.99 Å². The summed E-state index contributed by atoms with van der Waals surface area (Å²) in [4.78, 5) is 5.50. The first-order chi connectivity index (χ1) is 6.33. The van der Waals surface area contributed by atoms with Crippen molar-refractivity contribution in [1.82, 2.24) is 9.89 Å². The molecule has 1 aliphatic heterocycles. The van der Waals surface area contributed by atoms with Gasteiger partial charge >= 0.3 is 0 Å². The highest BCUT2D eigenvalue weighted by molar-refractivity contribution is 5.70. The summed E-state index contributed by atoms with van der Waals surface area (Å²) in [6.45, 7) is 1.48. The van der Waals surface area contributed by atoms with Gasteiger partial charge in [-0.05, 0) is 0 Å². The molecule has 0 saturated heterocycles. The molecule has 0 saturated carbocycles. The van der Waals surface area contributed by atoms with E-state index in [-0.39, 0.29) is 0 Å². The van der Waals surface area contributed by atoms with Gasteiger partial charge in [0.1, 0.15) is 18.0 Å². The van der Waals surface area contributed by atoms with E-state index in [9.17, 15) is 0 Å². The minimum absolute atomic E-state index is 0.357. The van der Waals surface area contributed by atoms with Crippen molar-refractivity contribution in [1.29, 1.82) is 5.26 Å². The molecule has 0 unspecified atom stereocenters. The molecule has 0 bridgehead atoms. The van der Waals surface area contributed by atoms with Crippen LogP contribution in [0, 0.1) is 11.3 Å². The van der Waals surface area contributed by atoms with E-state index in [2.05, 4.69) is 10.1 Å². The third kappa shape index (κ3) is 1.10. The van der Waals surface area contributed by atoms with Crippen LogP contribution in [0.25, 0.3) is 0 Å². The fourth-order valence-corrected chi connectivity index (χ4v) is 1.15. The number of nitrogens with zero attached hydrogens (tertiary/aromatic N) is 5. The molecular formula is C7H8N6. The van der Waals surface area contributed by atoms with Gasteiger partial charge in [0.2, 0.25) is 0 Å². The van der Waals surface area contributed by atoms with Crippen molar-refractivity contribution in [3.8, 4) is 6.07 Å². The van der Waals surface area contributed by atoms with Gasteiger partial charge in [-0.15, -0.1) is 0 Å². The molecule has 6 nitrogen and oxygen atoms in total. The van der Waals surface area contributed by atoms with Crippen LogP contribution in [0.3, 0.4) is 0 Å². The third-order valence-electron chi connectivity index (χ3n) is 1.82. The molecule has 1 aromatic heterocycles. The van der Waals surface area contributed by atoms with Crippen LogP contribution in [0.4, 0.5) is 5.82 Å². The Bertz CT molecular complexity index is 384. The third-order valence-corrected chi connectivity index (χ3v) is 1.82. The van der Waals surface area contributed by atoms with Gasteiger partial charge in [0.05, 0.1) is 19.3 Å². The van der Waals surface area contributed by atoms with E-state index in [1.165, 1.54) is 11.0 Å². The molecule has 0 aromatic carbocycles. The van der Waals surface area contributed by atoms with Crippen molar-refractivity contribution in [2.45, 2.75) is 0 Å². The molecule has 1 aliphatic rings. The molecule has 2 heterocycles. The van der Waals surface area contributed by atoms with Crippen LogP contribution in [0.1, 0.15) is 5.56 Å². The average Bonchev–Trinajstić information content (AvgIpc) is 2.72.